The van der Waals surface area contributed by atoms with Crippen LogP contribution in [0.4, 0.5) is 5.69 Å². The molecule has 0 saturated heterocycles. The van der Waals surface area contributed by atoms with Crippen molar-refractivity contribution in [2.45, 2.75) is 20.8 Å². The maximum absolute atomic E-state index is 12.2. The molecule has 0 saturated carbocycles. The Balaban J connectivity index is 1.74. The fourth-order valence-electron chi connectivity index (χ4n) is 2.97. The molecule has 0 aliphatic carbocycles. The Bertz CT molecular complexity index is 1030. The molecular weight excluding hydrogens is 338 g/mol. The van der Waals surface area contributed by atoms with E-state index in [1.165, 1.54) is 0 Å². The number of aryl methyl sites for hydroxylation is 2. The Labute approximate surface area is 158 Å². The van der Waals surface area contributed by atoms with Gasteiger partial charge in [0.15, 0.2) is 0 Å². The van der Waals surface area contributed by atoms with Crippen molar-refractivity contribution in [1.82, 2.24) is 5.43 Å². The van der Waals surface area contributed by atoms with Crippen LogP contribution in [0.1, 0.15) is 23.6 Å². The van der Waals surface area contributed by atoms with Gasteiger partial charge in [-0.1, -0.05) is 60.7 Å². The van der Waals surface area contributed by atoms with Crippen LogP contribution in [0.5, 0.6) is 0 Å². The largest absolute Gasteiger partial charge is 0.329 e. The highest BCUT2D eigenvalue weighted by atomic mass is 16.2. The van der Waals surface area contributed by atoms with Crippen molar-refractivity contribution < 1.29 is 9.59 Å². The lowest BCUT2D eigenvalue weighted by Gasteiger charge is -2.11. The van der Waals surface area contributed by atoms with Gasteiger partial charge in [0.2, 0.25) is 0 Å². The number of rotatable bonds is 3. The van der Waals surface area contributed by atoms with Crippen LogP contribution in [-0.4, -0.2) is 17.5 Å². The lowest BCUT2D eigenvalue weighted by atomic mass is 10.0. The van der Waals surface area contributed by atoms with E-state index in [1.54, 1.807) is 6.92 Å². The SMILES string of the molecule is CC(=NNC(=O)C(=O)Nc1c(C)cccc1C)c1cccc2ccccc12. The fraction of sp³-hybridized carbons (Fsp3) is 0.136. The molecule has 0 aromatic heterocycles. The van der Waals surface area contributed by atoms with E-state index in [0.29, 0.717) is 11.4 Å². The van der Waals surface area contributed by atoms with Gasteiger partial charge in [0.1, 0.15) is 0 Å². The number of anilines is 1. The number of hydrogen-bond donors (Lipinski definition) is 2. The van der Waals surface area contributed by atoms with E-state index in [0.717, 1.165) is 27.5 Å². The molecule has 0 atom stereocenters. The number of benzene rings is 3. The zero-order chi connectivity index (χ0) is 19.4. The average Bonchev–Trinajstić information content (AvgIpc) is 2.68. The number of hydrazone groups is 1. The van der Waals surface area contributed by atoms with E-state index in [1.807, 2.05) is 74.5 Å². The normalized spacial score (nSPS) is 11.3. The second-order valence-corrected chi connectivity index (χ2v) is 6.39. The summed E-state index contributed by atoms with van der Waals surface area (Å²) in [4.78, 5) is 24.3. The molecule has 0 aliphatic heterocycles. The summed E-state index contributed by atoms with van der Waals surface area (Å²) in [6, 6.07) is 19.5. The second kappa shape index (κ2) is 7.83. The van der Waals surface area contributed by atoms with Crippen LogP contribution in [0.15, 0.2) is 65.8 Å². The minimum Gasteiger partial charge on any atom is -0.317 e. The predicted molar refractivity (Wildman–Crippen MR) is 109 cm³/mol. The molecule has 2 N–H and O–H groups in total. The second-order valence-electron chi connectivity index (χ2n) is 6.39. The van der Waals surface area contributed by atoms with Crippen LogP contribution < -0.4 is 10.7 Å². The predicted octanol–water partition coefficient (Wildman–Crippen LogP) is 3.94. The molecule has 2 amide bonds. The molecule has 3 rings (SSSR count). The summed E-state index contributed by atoms with van der Waals surface area (Å²) in [6.45, 7) is 5.55. The number of amides is 2. The molecule has 0 radical (unpaired) electrons. The van der Waals surface area contributed by atoms with Crippen LogP contribution in [0, 0.1) is 13.8 Å². The summed E-state index contributed by atoms with van der Waals surface area (Å²) in [7, 11) is 0. The highest BCUT2D eigenvalue weighted by Crippen LogP contribution is 2.20. The summed E-state index contributed by atoms with van der Waals surface area (Å²) < 4.78 is 0. The molecular formula is C22H21N3O2. The summed E-state index contributed by atoms with van der Waals surface area (Å²) >= 11 is 0. The molecule has 0 heterocycles. The smallest absolute Gasteiger partial charge is 0.317 e. The van der Waals surface area contributed by atoms with Crippen LogP contribution in [0.25, 0.3) is 10.8 Å². The zero-order valence-electron chi connectivity index (χ0n) is 15.5. The maximum atomic E-state index is 12.2. The Kier molecular flexibility index (Phi) is 5.31. The van der Waals surface area contributed by atoms with Crippen molar-refractivity contribution >= 4 is 34.0 Å². The molecule has 0 fully saturated rings. The maximum Gasteiger partial charge on any atom is 0.329 e. The summed E-state index contributed by atoms with van der Waals surface area (Å²) in [6.07, 6.45) is 0. The van der Waals surface area contributed by atoms with Crippen molar-refractivity contribution in [3.05, 3.63) is 77.4 Å². The number of fused-ring (bicyclic) bond motifs is 1. The number of carbonyl (C=O) groups is 2. The quantitative estimate of drug-likeness (QED) is 0.422. The molecule has 136 valence electrons. The van der Waals surface area contributed by atoms with Crippen LogP contribution in [0.2, 0.25) is 0 Å². The summed E-state index contributed by atoms with van der Waals surface area (Å²) in [5.41, 5.74) is 6.31. The molecule has 5 heteroatoms. The number of nitrogens with one attached hydrogen (secondary N) is 2. The van der Waals surface area contributed by atoms with Gasteiger partial charge < -0.3 is 5.32 Å². The minimum absolute atomic E-state index is 0.625. The van der Waals surface area contributed by atoms with Gasteiger partial charge in [-0.15, -0.1) is 0 Å². The van der Waals surface area contributed by atoms with E-state index in [4.69, 9.17) is 0 Å². The van der Waals surface area contributed by atoms with E-state index in [9.17, 15) is 9.59 Å². The van der Waals surface area contributed by atoms with Crippen molar-refractivity contribution in [2.75, 3.05) is 5.32 Å². The van der Waals surface area contributed by atoms with Gasteiger partial charge in [-0.2, -0.15) is 5.10 Å². The highest BCUT2D eigenvalue weighted by molar-refractivity contribution is 6.39. The average molecular weight is 359 g/mol. The molecule has 3 aromatic carbocycles. The van der Waals surface area contributed by atoms with Crippen molar-refractivity contribution in [2.24, 2.45) is 5.10 Å². The van der Waals surface area contributed by atoms with Crippen molar-refractivity contribution in [3.63, 3.8) is 0 Å². The van der Waals surface area contributed by atoms with E-state index >= 15 is 0 Å². The van der Waals surface area contributed by atoms with Gasteiger partial charge in [-0.05, 0) is 42.7 Å². The van der Waals surface area contributed by atoms with Gasteiger partial charge in [0.25, 0.3) is 0 Å². The third kappa shape index (κ3) is 4.03. The minimum atomic E-state index is -0.808. The van der Waals surface area contributed by atoms with Gasteiger partial charge in [0, 0.05) is 11.3 Å². The topological polar surface area (TPSA) is 70.6 Å². The fourth-order valence-corrected chi connectivity index (χ4v) is 2.97. The number of nitrogens with zero attached hydrogens (tertiary/aromatic N) is 1. The number of hydrogen-bond acceptors (Lipinski definition) is 3. The van der Waals surface area contributed by atoms with E-state index < -0.39 is 11.8 Å². The van der Waals surface area contributed by atoms with Crippen molar-refractivity contribution in [1.29, 1.82) is 0 Å². The van der Waals surface area contributed by atoms with Crippen LogP contribution in [0.3, 0.4) is 0 Å². The van der Waals surface area contributed by atoms with E-state index in [-0.39, 0.29) is 0 Å². The molecule has 0 spiro atoms. The van der Waals surface area contributed by atoms with Gasteiger partial charge in [-0.3, -0.25) is 9.59 Å². The lowest BCUT2D eigenvalue weighted by Crippen LogP contribution is -2.33. The van der Waals surface area contributed by atoms with Gasteiger partial charge in [0.05, 0.1) is 5.71 Å². The van der Waals surface area contributed by atoms with Crippen molar-refractivity contribution in [3.8, 4) is 0 Å². The highest BCUT2D eigenvalue weighted by Gasteiger charge is 2.15. The number of carbonyl (C=O) groups excluding carboxylic acids is 2. The summed E-state index contributed by atoms with van der Waals surface area (Å²) in [5, 5.41) is 8.88. The van der Waals surface area contributed by atoms with Gasteiger partial charge >= 0.3 is 11.8 Å². The molecule has 27 heavy (non-hydrogen) atoms. The molecule has 0 aliphatic rings. The molecule has 0 bridgehead atoms. The molecule has 0 unspecified atom stereocenters. The number of para-hydroxylation sites is 1. The standard InChI is InChI=1S/C22H21N3O2/c1-14-8-6-9-15(2)20(14)23-21(26)22(27)25-24-16(3)18-13-7-11-17-10-4-5-12-19(17)18/h4-13H,1-3H3,(H,23,26)(H,25,27). The summed E-state index contributed by atoms with van der Waals surface area (Å²) in [5.74, 6) is -1.56. The molecule has 3 aromatic rings. The Morgan fingerprint density at radius 2 is 1.44 bits per heavy atom. The third-order valence-electron chi connectivity index (χ3n) is 4.43. The van der Waals surface area contributed by atoms with Crippen LogP contribution in [-0.2, 0) is 9.59 Å². The van der Waals surface area contributed by atoms with E-state index in [2.05, 4.69) is 15.8 Å². The first-order valence-corrected chi connectivity index (χ1v) is 8.67. The zero-order valence-corrected chi connectivity index (χ0v) is 15.5. The van der Waals surface area contributed by atoms with Crippen LogP contribution >= 0.6 is 0 Å². The Morgan fingerprint density at radius 1 is 0.815 bits per heavy atom. The first-order valence-electron chi connectivity index (χ1n) is 8.67. The van der Waals surface area contributed by atoms with Gasteiger partial charge in [-0.25, -0.2) is 5.43 Å². The monoisotopic (exact) mass is 359 g/mol. The molecule has 5 nitrogen and oxygen atoms in total. The Morgan fingerprint density at radius 3 is 2.19 bits per heavy atom. The first kappa shape index (κ1) is 18.3. The Hall–Kier alpha value is -3.47. The third-order valence-corrected chi connectivity index (χ3v) is 4.43. The first-order chi connectivity index (χ1) is 13.0. The lowest BCUT2D eigenvalue weighted by molar-refractivity contribution is -0.136.